The molecule has 0 aromatic carbocycles. The summed E-state index contributed by atoms with van der Waals surface area (Å²) in [6, 6.07) is 0.0677. The van der Waals surface area contributed by atoms with Gasteiger partial charge in [0.2, 0.25) is 0 Å². The number of aliphatic hydroxyl groups is 1. The largest absolute Gasteiger partial charge is 0.392 e. The molecule has 2 unspecified atom stereocenters. The van der Waals surface area contributed by atoms with Gasteiger partial charge in [-0.3, -0.25) is 9.97 Å². The number of aliphatic hydroxyl groups excluding tert-OH is 1. The Labute approximate surface area is 84.4 Å². The van der Waals surface area contributed by atoms with E-state index in [2.05, 4.69) is 15.3 Å². The van der Waals surface area contributed by atoms with Crippen LogP contribution in [0, 0.1) is 6.92 Å². The monoisotopic (exact) mass is 195 g/mol. The number of nitrogens with zero attached hydrogens (tertiary/aromatic N) is 2. The molecule has 0 saturated heterocycles. The van der Waals surface area contributed by atoms with E-state index in [1.54, 1.807) is 19.3 Å². The molecule has 4 nitrogen and oxygen atoms in total. The second kappa shape index (κ2) is 5.02. The van der Waals surface area contributed by atoms with Gasteiger partial charge in [-0.05, 0) is 20.8 Å². The van der Waals surface area contributed by atoms with Gasteiger partial charge in [0.25, 0.3) is 0 Å². The number of hydrogen-bond donors (Lipinski definition) is 2. The van der Waals surface area contributed by atoms with Crippen LogP contribution in [0.15, 0.2) is 12.4 Å². The standard InChI is InChI=1S/C10H17N3O/c1-7-4-13-10(5-11-7)6-12-8(2)9(3)14/h4-5,8-9,12,14H,6H2,1-3H3. The maximum Gasteiger partial charge on any atom is 0.0724 e. The van der Waals surface area contributed by atoms with E-state index in [1.165, 1.54) is 0 Å². The van der Waals surface area contributed by atoms with Crippen molar-refractivity contribution >= 4 is 0 Å². The van der Waals surface area contributed by atoms with Crippen LogP contribution in [0.5, 0.6) is 0 Å². The summed E-state index contributed by atoms with van der Waals surface area (Å²) in [5.41, 5.74) is 1.81. The minimum atomic E-state index is -0.353. The maximum absolute atomic E-state index is 9.24. The van der Waals surface area contributed by atoms with E-state index in [9.17, 15) is 5.11 Å². The molecule has 2 atom stereocenters. The maximum atomic E-state index is 9.24. The van der Waals surface area contributed by atoms with Gasteiger partial charge in [-0.15, -0.1) is 0 Å². The van der Waals surface area contributed by atoms with E-state index in [0.29, 0.717) is 6.54 Å². The first-order valence-electron chi connectivity index (χ1n) is 4.78. The quantitative estimate of drug-likeness (QED) is 0.740. The van der Waals surface area contributed by atoms with Gasteiger partial charge in [-0.1, -0.05) is 0 Å². The van der Waals surface area contributed by atoms with Crippen molar-refractivity contribution in [3.8, 4) is 0 Å². The molecule has 4 heteroatoms. The fourth-order valence-corrected chi connectivity index (χ4v) is 0.947. The van der Waals surface area contributed by atoms with Crippen molar-refractivity contribution in [1.82, 2.24) is 15.3 Å². The fraction of sp³-hybridized carbons (Fsp3) is 0.600. The summed E-state index contributed by atoms with van der Waals surface area (Å²) < 4.78 is 0. The van der Waals surface area contributed by atoms with E-state index >= 15 is 0 Å². The van der Waals surface area contributed by atoms with Crippen LogP contribution in [-0.4, -0.2) is 27.2 Å². The molecule has 2 N–H and O–H groups in total. The summed E-state index contributed by atoms with van der Waals surface area (Å²) in [6.07, 6.45) is 3.13. The minimum Gasteiger partial charge on any atom is -0.392 e. The molecule has 0 aliphatic heterocycles. The molecule has 78 valence electrons. The van der Waals surface area contributed by atoms with Crippen molar-refractivity contribution in [2.24, 2.45) is 0 Å². The summed E-state index contributed by atoms with van der Waals surface area (Å²) in [5.74, 6) is 0. The Kier molecular flexibility index (Phi) is 3.98. The van der Waals surface area contributed by atoms with Crippen molar-refractivity contribution < 1.29 is 5.11 Å². The Morgan fingerprint density at radius 3 is 2.57 bits per heavy atom. The normalized spacial score (nSPS) is 15.1. The van der Waals surface area contributed by atoms with Crippen LogP contribution < -0.4 is 5.32 Å². The van der Waals surface area contributed by atoms with E-state index in [4.69, 9.17) is 0 Å². The summed E-state index contributed by atoms with van der Waals surface area (Å²) in [4.78, 5) is 8.34. The molecule has 0 fully saturated rings. The summed E-state index contributed by atoms with van der Waals surface area (Å²) in [6.45, 7) is 6.24. The molecule has 1 aromatic heterocycles. The van der Waals surface area contributed by atoms with Crippen molar-refractivity contribution in [1.29, 1.82) is 0 Å². The fourth-order valence-electron chi connectivity index (χ4n) is 0.947. The lowest BCUT2D eigenvalue weighted by molar-refractivity contribution is 0.152. The van der Waals surface area contributed by atoms with Crippen LogP contribution in [-0.2, 0) is 6.54 Å². The van der Waals surface area contributed by atoms with Gasteiger partial charge in [-0.25, -0.2) is 0 Å². The zero-order valence-corrected chi connectivity index (χ0v) is 8.86. The van der Waals surface area contributed by atoms with Crippen LogP contribution in [0.1, 0.15) is 25.2 Å². The first-order chi connectivity index (χ1) is 6.59. The third-order valence-corrected chi connectivity index (χ3v) is 2.16. The predicted molar refractivity (Wildman–Crippen MR) is 54.8 cm³/mol. The summed E-state index contributed by atoms with van der Waals surface area (Å²) in [5, 5.41) is 12.4. The minimum absolute atomic E-state index is 0.0677. The van der Waals surface area contributed by atoms with E-state index < -0.39 is 0 Å². The Balaban J connectivity index is 2.42. The van der Waals surface area contributed by atoms with Gasteiger partial charge in [-0.2, -0.15) is 0 Å². The second-order valence-corrected chi connectivity index (χ2v) is 3.56. The predicted octanol–water partition coefficient (Wildman–Crippen LogP) is 0.644. The third-order valence-electron chi connectivity index (χ3n) is 2.16. The first-order valence-corrected chi connectivity index (χ1v) is 4.78. The average molecular weight is 195 g/mol. The van der Waals surface area contributed by atoms with Gasteiger partial charge in [0, 0.05) is 25.0 Å². The molecule has 0 aliphatic carbocycles. The van der Waals surface area contributed by atoms with Crippen molar-refractivity contribution in [3.05, 3.63) is 23.8 Å². The van der Waals surface area contributed by atoms with E-state index in [0.717, 1.165) is 11.4 Å². The molecule has 1 aromatic rings. The van der Waals surface area contributed by atoms with Crippen LogP contribution in [0.2, 0.25) is 0 Å². The first kappa shape index (κ1) is 11.1. The highest BCUT2D eigenvalue weighted by atomic mass is 16.3. The van der Waals surface area contributed by atoms with Crippen molar-refractivity contribution in [2.75, 3.05) is 0 Å². The van der Waals surface area contributed by atoms with Crippen molar-refractivity contribution in [2.45, 2.75) is 39.5 Å². The molecular formula is C10H17N3O. The highest BCUT2D eigenvalue weighted by Gasteiger charge is 2.07. The van der Waals surface area contributed by atoms with Gasteiger partial charge in [0.1, 0.15) is 0 Å². The SMILES string of the molecule is Cc1cnc(CNC(C)C(C)O)cn1. The van der Waals surface area contributed by atoms with Gasteiger partial charge in [0.15, 0.2) is 0 Å². The topological polar surface area (TPSA) is 58.0 Å². The molecule has 1 heterocycles. The van der Waals surface area contributed by atoms with E-state index in [-0.39, 0.29) is 12.1 Å². The Hall–Kier alpha value is -1.00. The summed E-state index contributed by atoms with van der Waals surface area (Å²) in [7, 11) is 0. The Morgan fingerprint density at radius 1 is 1.36 bits per heavy atom. The molecule has 0 radical (unpaired) electrons. The van der Waals surface area contributed by atoms with Crippen molar-refractivity contribution in [3.63, 3.8) is 0 Å². The highest BCUT2D eigenvalue weighted by molar-refractivity contribution is 5.00. The number of hydrogen-bond acceptors (Lipinski definition) is 4. The number of aryl methyl sites for hydroxylation is 1. The molecule has 0 amide bonds. The lowest BCUT2D eigenvalue weighted by Crippen LogP contribution is -2.35. The molecule has 1 rings (SSSR count). The number of rotatable bonds is 4. The van der Waals surface area contributed by atoms with Crippen LogP contribution >= 0.6 is 0 Å². The molecule has 0 aliphatic rings. The van der Waals surface area contributed by atoms with Gasteiger partial charge < -0.3 is 10.4 Å². The van der Waals surface area contributed by atoms with Gasteiger partial charge >= 0.3 is 0 Å². The number of aromatic nitrogens is 2. The lowest BCUT2D eigenvalue weighted by atomic mass is 10.2. The zero-order chi connectivity index (χ0) is 10.6. The smallest absolute Gasteiger partial charge is 0.0724 e. The average Bonchev–Trinajstić information content (AvgIpc) is 2.16. The second-order valence-electron chi connectivity index (χ2n) is 3.56. The lowest BCUT2D eigenvalue weighted by Gasteiger charge is -2.15. The molecular weight excluding hydrogens is 178 g/mol. The zero-order valence-electron chi connectivity index (χ0n) is 8.86. The Morgan fingerprint density at radius 2 is 2.07 bits per heavy atom. The van der Waals surface area contributed by atoms with Gasteiger partial charge in [0.05, 0.1) is 17.5 Å². The number of nitrogens with one attached hydrogen (secondary N) is 1. The molecule has 0 spiro atoms. The Bertz CT molecular complexity index is 271. The molecule has 14 heavy (non-hydrogen) atoms. The molecule has 0 bridgehead atoms. The summed E-state index contributed by atoms with van der Waals surface area (Å²) >= 11 is 0. The highest BCUT2D eigenvalue weighted by Crippen LogP contribution is 1.96. The van der Waals surface area contributed by atoms with E-state index in [1.807, 2.05) is 13.8 Å². The van der Waals surface area contributed by atoms with Crippen LogP contribution in [0.25, 0.3) is 0 Å². The molecule has 0 saturated carbocycles. The van der Waals surface area contributed by atoms with Crippen LogP contribution in [0.4, 0.5) is 0 Å². The van der Waals surface area contributed by atoms with Crippen LogP contribution in [0.3, 0.4) is 0 Å². The third kappa shape index (κ3) is 3.40.